The second-order valence-corrected chi connectivity index (χ2v) is 38.7. The van der Waals surface area contributed by atoms with Crippen molar-refractivity contribution in [3.63, 3.8) is 0 Å². The first-order chi connectivity index (χ1) is 71.1. The molecular formula is C101H138N22O25S. The zero-order valence-electron chi connectivity index (χ0n) is 84.4. The van der Waals surface area contributed by atoms with Crippen LogP contribution in [0.1, 0.15) is 172 Å². The number of carbonyl (C=O) groups is 20. The number of aromatic amines is 2. The van der Waals surface area contributed by atoms with E-state index in [9.17, 15) is 63.9 Å². The number of aliphatic hydroxyl groups is 1. The minimum Gasteiger partial charge on any atom is -0.508 e. The summed E-state index contributed by atoms with van der Waals surface area (Å²) in [5.41, 5.74) is 20.3. The molecule has 0 unspecified atom stereocenters. The van der Waals surface area contributed by atoms with Gasteiger partial charge in [0.1, 0.15) is 90.8 Å². The molecule has 0 spiro atoms. The predicted octanol–water partition coefficient (Wildman–Crippen LogP) is -1.35. The highest BCUT2D eigenvalue weighted by atomic mass is 32.2. The summed E-state index contributed by atoms with van der Waals surface area (Å²) < 4.78 is 1.42. The molecule has 3 saturated heterocycles. The Morgan fingerprint density at radius 1 is 0.584 bits per heavy atom. The molecule has 0 saturated carbocycles. The van der Waals surface area contributed by atoms with Crippen LogP contribution >= 0.6 is 11.8 Å². The molecule has 16 atom stereocenters. The zero-order valence-corrected chi connectivity index (χ0v) is 85.2. The third kappa shape index (κ3) is 33.8. The molecule has 23 N–H and O–H groups in total. The van der Waals surface area contributed by atoms with Crippen molar-refractivity contribution in [2.75, 3.05) is 65.4 Å². The van der Waals surface area contributed by atoms with E-state index in [2.05, 4.69) is 74.0 Å². The standard InChI is InChI=1S/C101H138N22O25S/c1-8-11-28-78-94(140)112-69(36-37-86(130)131)92(138)117-76(90(136)107-50-84(128)109-71(22-10-3)101(147)148)54-149-55-85(129)110-73(41-58-32-34-63(124)35-33-58)96(142)118(5)57(4)88(134)115-75(47-83(104)127)99(145)122-40-21-31-79(122)95(141)114-72(45-62-49-105-56-108-62)93(139)113-70(27-18-20-39-103)98(144)123-52-64(125)46-81(123)82(126)44-59(42-60-48-106-67-25-15-13-23-65(60)67)89(135)111-68(26-17-19-38-102)91(137)116-74(97(143)120(7)80(29-12-9-2)100(146)119(78)6)43-61-51-121(53-87(132)133)77-30-16-14-24-66(61)77/h3,13-16,23-25,30,32-35,48-49,51,56-57,59,64,68-76,78-81,106,124-125H,8-9,11-12,17-22,26-29,31,36-47,50,52-55,102-103H2,1-2,4-7H3,(H2,104,127)(H,105,108)(H,107,136)(H,109,128)(H,110,129)(H,111,135)(H,112,140)(H,113,139)(H,114,141)(H,115,134)(H,116,137)(H,117,138)(H,130,131)(H,132,133)(H,147,148)/t57-,59+,64+,68-,69-,70-,71-,72-,73-,74-,75-,76-,78-,79-,80-,81-/m0/s1. The van der Waals surface area contributed by atoms with Gasteiger partial charge in [-0.3, -0.25) is 91.1 Å². The van der Waals surface area contributed by atoms with Gasteiger partial charge in [-0.2, -0.15) is 0 Å². The van der Waals surface area contributed by atoms with E-state index in [1.807, 2.05) is 0 Å². The summed E-state index contributed by atoms with van der Waals surface area (Å²) in [5.74, 6) is -21.9. The number of Topliss-reactive ketones (excluding diaryl/α,β-unsaturated/α-hetero) is 1. The van der Waals surface area contributed by atoms with E-state index in [1.54, 1.807) is 68.6 Å². The van der Waals surface area contributed by atoms with Gasteiger partial charge in [-0.1, -0.05) is 88.1 Å². The number of aromatic nitrogens is 4. The van der Waals surface area contributed by atoms with Gasteiger partial charge in [-0.15, -0.1) is 24.1 Å². The first kappa shape index (κ1) is 118. The Hall–Kier alpha value is -14.9. The number of imidazole rings is 1. The van der Waals surface area contributed by atoms with Crippen LogP contribution in [0.15, 0.2) is 97.7 Å². The van der Waals surface area contributed by atoms with Crippen LogP contribution in [0.5, 0.6) is 5.75 Å². The highest BCUT2D eigenvalue weighted by molar-refractivity contribution is 8.00. The van der Waals surface area contributed by atoms with Crippen molar-refractivity contribution in [2.45, 2.75) is 272 Å². The van der Waals surface area contributed by atoms with Gasteiger partial charge in [0, 0.05) is 131 Å². The van der Waals surface area contributed by atoms with Gasteiger partial charge in [0.15, 0.2) is 5.78 Å². The van der Waals surface area contributed by atoms with Crippen molar-refractivity contribution in [3.05, 3.63) is 120 Å². The van der Waals surface area contributed by atoms with Crippen LogP contribution in [-0.2, 0) is 128 Å². The van der Waals surface area contributed by atoms with Crippen molar-refractivity contribution < 1.29 is 121 Å². The molecule has 3 aromatic carbocycles. The quantitative estimate of drug-likeness (QED) is 0.0162. The number of nitrogens with one attached hydrogen (secondary N) is 12. The highest BCUT2D eigenvalue weighted by Crippen LogP contribution is 2.31. The molecule has 3 aromatic heterocycles. The summed E-state index contributed by atoms with van der Waals surface area (Å²) in [6.07, 6.45) is 6.38. The number of carbonyl (C=O) groups excluding carboxylic acids is 17. The normalized spacial score (nSPS) is 23.7. The lowest BCUT2D eigenvalue weighted by molar-refractivity contribution is -0.149. The topological polar surface area (TPSA) is 707 Å². The third-order valence-electron chi connectivity index (χ3n) is 26.7. The summed E-state index contributed by atoms with van der Waals surface area (Å²) in [5, 5.41) is 79.0. The number of para-hydroxylation sites is 2. The molecule has 6 aromatic rings. The van der Waals surface area contributed by atoms with E-state index < -0.39 is 284 Å². The first-order valence-corrected chi connectivity index (χ1v) is 51.1. The van der Waals surface area contributed by atoms with Gasteiger partial charge < -0.3 is 135 Å². The van der Waals surface area contributed by atoms with Crippen LogP contribution < -0.4 is 70.4 Å². The second kappa shape index (κ2) is 57.5. The van der Waals surface area contributed by atoms with E-state index in [0.717, 1.165) is 24.5 Å². The van der Waals surface area contributed by atoms with Crippen molar-refractivity contribution in [2.24, 2.45) is 23.1 Å². The Labute approximate surface area is 864 Å². The number of aromatic hydroxyl groups is 1. The van der Waals surface area contributed by atoms with Crippen LogP contribution in [0, 0.1) is 18.3 Å². The van der Waals surface area contributed by atoms with Gasteiger partial charge in [0.2, 0.25) is 94.5 Å². The third-order valence-corrected chi connectivity index (χ3v) is 27.8. The molecule has 3 aliphatic heterocycles. The maximum absolute atomic E-state index is 16.2. The largest absolute Gasteiger partial charge is 0.508 e. The van der Waals surface area contributed by atoms with Gasteiger partial charge in [-0.25, -0.2) is 9.78 Å². The summed E-state index contributed by atoms with van der Waals surface area (Å²) >= 11 is 0.636. The molecule has 0 bridgehead atoms. The average molecular weight is 2090 g/mol. The fraction of sp³-hybridized carbons (Fsp3) is 0.535. The number of carboxylic acids is 3. The summed E-state index contributed by atoms with van der Waals surface area (Å²) in [7, 11) is 3.72. The number of rotatable bonds is 35. The number of benzene rings is 3. The number of hydrogen-bond acceptors (Lipinski definition) is 26. The molecule has 808 valence electrons. The number of likely N-dealkylation sites (N-methyl/N-ethyl adjacent to an activating group) is 3. The summed E-state index contributed by atoms with van der Waals surface area (Å²) in [6, 6.07) is -3.71. The molecule has 48 heteroatoms. The SMILES string of the molecule is C#CC[C@H](NC(=O)CNC(=O)[C@@H]1CSCC(=O)N[C@@H](Cc2ccc(O)cc2)C(=O)N(C)[C@@H](C)C(=O)N[C@@H](CC(N)=O)C(=O)N2CCC[C@H]2C(=O)N[C@@H](Cc2c[nH]cn2)C(=O)N[C@@H](CCCCN)C(=O)N2C[C@H](O)C[C@H]2C(=O)C[C@@H](Cc2c[nH]c3ccccc23)C(=O)N[C@@H](CCCCN)C(=O)N[C@@H](Cc2cn(CC(=O)O)c3ccccc23)C(=O)N(C)[C@@H](CCCC)C(=O)N(C)[C@@H](CCCC)C(=O)N[C@@H](CCC(=O)O)C(=O)N1)C(=O)O. The molecule has 149 heavy (non-hydrogen) atoms. The Morgan fingerprint density at radius 3 is 1.83 bits per heavy atom. The molecule has 3 aliphatic rings. The number of hydrogen-bond donors (Lipinski definition) is 20. The number of ketones is 1. The molecule has 0 radical (unpaired) electrons. The number of fused-ring (bicyclic) bond motifs is 4. The molecule has 9 rings (SSSR count). The fourth-order valence-corrected chi connectivity index (χ4v) is 19.3. The lowest BCUT2D eigenvalue weighted by Crippen LogP contribution is -2.60. The van der Waals surface area contributed by atoms with Gasteiger partial charge in [-0.05, 0) is 138 Å². The van der Waals surface area contributed by atoms with Crippen molar-refractivity contribution in [3.8, 4) is 18.1 Å². The van der Waals surface area contributed by atoms with Crippen LogP contribution in [0.4, 0.5) is 0 Å². The number of aliphatic hydroxyl groups excluding tert-OH is 1. The van der Waals surface area contributed by atoms with Gasteiger partial charge in [0.25, 0.3) is 0 Å². The number of phenolic OH excluding ortho intramolecular Hbond substituents is 1. The average Bonchev–Trinajstić information content (AvgIpc) is 1.67. The number of primary amides is 1. The number of carboxylic acid groups (broad SMARTS) is 3. The van der Waals surface area contributed by atoms with E-state index in [-0.39, 0.29) is 127 Å². The number of amides is 16. The van der Waals surface area contributed by atoms with E-state index in [4.69, 9.17) is 23.6 Å². The Kier molecular flexibility index (Phi) is 45.4. The number of nitrogens with zero attached hydrogens (tertiary/aromatic N) is 7. The summed E-state index contributed by atoms with van der Waals surface area (Å²) in [4.78, 5) is 308. The molecule has 47 nitrogen and oxygen atoms in total. The Morgan fingerprint density at radius 2 is 1.18 bits per heavy atom. The highest BCUT2D eigenvalue weighted by Gasteiger charge is 2.47. The minimum absolute atomic E-state index is 0.0543. The van der Waals surface area contributed by atoms with Crippen molar-refractivity contribution in [1.29, 1.82) is 0 Å². The maximum Gasteiger partial charge on any atom is 0.327 e. The number of nitrogens with two attached hydrogens (primary N) is 3. The van der Waals surface area contributed by atoms with E-state index in [0.29, 0.717) is 69.5 Å². The van der Waals surface area contributed by atoms with Crippen molar-refractivity contribution >= 4 is 152 Å². The van der Waals surface area contributed by atoms with Crippen LogP contribution in [-0.4, -0.2) is 344 Å². The van der Waals surface area contributed by atoms with E-state index >= 15 is 57.5 Å². The van der Waals surface area contributed by atoms with Crippen LogP contribution in [0.2, 0.25) is 0 Å². The monoisotopic (exact) mass is 2090 g/mol. The first-order valence-electron chi connectivity index (χ1n) is 49.9. The van der Waals surface area contributed by atoms with Crippen LogP contribution in [0.3, 0.4) is 0 Å². The number of H-pyrrole nitrogens is 2. The molecule has 6 heterocycles. The molecule has 0 aliphatic carbocycles. The maximum atomic E-state index is 16.2. The lowest BCUT2D eigenvalue weighted by atomic mass is 9.90. The smallest absolute Gasteiger partial charge is 0.327 e. The second-order valence-electron chi connectivity index (χ2n) is 37.7. The van der Waals surface area contributed by atoms with E-state index in [1.165, 1.54) is 75.6 Å². The minimum atomic E-state index is -1.90. The summed E-state index contributed by atoms with van der Waals surface area (Å²) in [6.45, 7) is 2.88. The van der Waals surface area contributed by atoms with Gasteiger partial charge >= 0.3 is 17.9 Å². The lowest BCUT2D eigenvalue weighted by Gasteiger charge is -2.36. The van der Waals surface area contributed by atoms with Crippen molar-refractivity contribution in [1.82, 2.24) is 97.2 Å². The number of phenols is 1. The number of aliphatic carboxylic acids is 3. The zero-order chi connectivity index (χ0) is 109. The number of thioether (sulfide) groups is 1. The predicted molar refractivity (Wildman–Crippen MR) is 543 cm³/mol. The Bertz CT molecular complexity index is 5790. The van der Waals surface area contributed by atoms with Gasteiger partial charge in [0.05, 0.1) is 42.9 Å². The number of terminal acetylenes is 1. The molecule has 3 fully saturated rings. The molecule has 16 amide bonds. The molecular weight excluding hydrogens is 1950 g/mol. The fourth-order valence-electron chi connectivity index (χ4n) is 18.4. The Balaban J connectivity index is 1.15. The van der Waals surface area contributed by atoms with Crippen LogP contribution in [0.25, 0.3) is 21.8 Å². The number of unbranched alkanes of at least 4 members (excludes halogenated alkanes) is 4.